The lowest BCUT2D eigenvalue weighted by Crippen LogP contribution is -2.63. The number of aryl methyl sites for hydroxylation is 1. The monoisotopic (exact) mass is 472 g/mol. The molecule has 0 bridgehead atoms. The fourth-order valence-electron chi connectivity index (χ4n) is 6.04. The lowest BCUT2D eigenvalue weighted by molar-refractivity contribution is -0.158. The summed E-state index contributed by atoms with van der Waals surface area (Å²) in [7, 11) is 0. The number of para-hydroxylation sites is 1. The van der Waals surface area contributed by atoms with Gasteiger partial charge >= 0.3 is 0 Å². The van der Waals surface area contributed by atoms with E-state index in [1.807, 2.05) is 29.2 Å². The molecule has 0 spiro atoms. The number of hydrogen-bond donors (Lipinski definition) is 1. The Hall–Kier alpha value is -3.16. The Balaban J connectivity index is 1.33. The fraction of sp³-hybridized carbons (Fsp3) is 0.429. The zero-order chi connectivity index (χ0) is 23.9. The van der Waals surface area contributed by atoms with E-state index in [2.05, 4.69) is 41.1 Å². The summed E-state index contributed by atoms with van der Waals surface area (Å²) >= 11 is 0. The number of aromatic nitrogens is 1. The number of aromatic amines is 1. The van der Waals surface area contributed by atoms with Crippen LogP contribution in [0.3, 0.4) is 0 Å². The zero-order valence-corrected chi connectivity index (χ0v) is 20.2. The van der Waals surface area contributed by atoms with Gasteiger partial charge in [0.1, 0.15) is 6.04 Å². The summed E-state index contributed by atoms with van der Waals surface area (Å²) in [5.41, 5.74) is 5.45. The van der Waals surface area contributed by atoms with Gasteiger partial charge in [-0.25, -0.2) is 0 Å². The Labute approximate surface area is 205 Å². The number of nitrogens with zero attached hydrogens (tertiary/aromatic N) is 3. The molecule has 3 aliphatic heterocycles. The normalized spacial score (nSPS) is 23.0. The number of piperazine rings is 1. The van der Waals surface area contributed by atoms with Gasteiger partial charge in [-0.15, -0.1) is 0 Å². The topological polar surface area (TPSA) is 68.9 Å². The van der Waals surface area contributed by atoms with Crippen molar-refractivity contribution >= 4 is 22.7 Å². The van der Waals surface area contributed by atoms with Crippen molar-refractivity contribution in [3.05, 3.63) is 70.9 Å². The molecule has 3 aliphatic rings. The largest absolute Gasteiger partial charge is 0.379 e. The lowest BCUT2D eigenvalue weighted by atomic mass is 9.85. The third kappa shape index (κ3) is 3.93. The van der Waals surface area contributed by atoms with Gasteiger partial charge in [0, 0.05) is 49.2 Å². The number of ether oxygens (including phenoxy) is 1. The summed E-state index contributed by atoms with van der Waals surface area (Å²) in [6, 6.07) is 15.7. The quantitative estimate of drug-likeness (QED) is 0.620. The number of rotatable bonds is 5. The number of hydrogen-bond acceptors (Lipinski definition) is 4. The van der Waals surface area contributed by atoms with E-state index in [0.717, 1.165) is 72.6 Å². The standard InChI is InChI=1S/C28H32N4O3/c1-19-7-2-3-8-20(19)27-26-22(21-9-4-5-10-23(21)29-26)17-24-28(34)31(18-25(33)32(24)27)12-6-11-30-13-15-35-16-14-30/h2-5,7-10,24,27,29H,6,11-18H2,1H3/t24-,27+/m0/s1. The second-order valence-corrected chi connectivity index (χ2v) is 9.91. The molecule has 0 saturated carbocycles. The third-order valence-corrected chi connectivity index (χ3v) is 7.83. The van der Waals surface area contributed by atoms with Crippen LogP contribution in [0.5, 0.6) is 0 Å². The molecular formula is C28H32N4O3. The molecule has 35 heavy (non-hydrogen) atoms. The van der Waals surface area contributed by atoms with Gasteiger partial charge in [0.25, 0.3) is 0 Å². The van der Waals surface area contributed by atoms with Crippen molar-refractivity contribution < 1.29 is 14.3 Å². The highest BCUT2D eigenvalue weighted by atomic mass is 16.5. The minimum absolute atomic E-state index is 0.0264. The van der Waals surface area contributed by atoms with E-state index in [1.165, 1.54) is 0 Å². The highest BCUT2D eigenvalue weighted by molar-refractivity contribution is 5.97. The van der Waals surface area contributed by atoms with Crippen LogP contribution in [0.15, 0.2) is 48.5 Å². The summed E-state index contributed by atoms with van der Waals surface area (Å²) in [5, 5.41) is 1.14. The molecule has 2 fully saturated rings. The minimum atomic E-state index is -0.476. The molecule has 2 amide bonds. The van der Waals surface area contributed by atoms with E-state index in [-0.39, 0.29) is 24.4 Å². The van der Waals surface area contributed by atoms with E-state index >= 15 is 0 Å². The van der Waals surface area contributed by atoms with Crippen LogP contribution < -0.4 is 0 Å². The summed E-state index contributed by atoms with van der Waals surface area (Å²) in [6.45, 7) is 7.17. The maximum atomic E-state index is 13.8. The maximum Gasteiger partial charge on any atom is 0.246 e. The number of fused-ring (bicyclic) bond motifs is 4. The molecule has 7 heteroatoms. The van der Waals surface area contributed by atoms with E-state index in [4.69, 9.17) is 4.74 Å². The second kappa shape index (κ2) is 9.13. The van der Waals surface area contributed by atoms with E-state index in [0.29, 0.717) is 13.0 Å². The molecule has 6 rings (SSSR count). The molecule has 2 atom stereocenters. The van der Waals surface area contributed by atoms with Crippen LogP contribution in [0.25, 0.3) is 10.9 Å². The first kappa shape index (κ1) is 22.3. The minimum Gasteiger partial charge on any atom is -0.379 e. The van der Waals surface area contributed by atoms with Crippen molar-refractivity contribution in [2.45, 2.75) is 31.8 Å². The van der Waals surface area contributed by atoms with Crippen LogP contribution in [0.2, 0.25) is 0 Å². The van der Waals surface area contributed by atoms with Crippen LogP contribution in [0.4, 0.5) is 0 Å². The predicted octanol–water partition coefficient (Wildman–Crippen LogP) is 2.88. The molecule has 2 aromatic carbocycles. The van der Waals surface area contributed by atoms with Crippen molar-refractivity contribution in [1.82, 2.24) is 19.7 Å². The van der Waals surface area contributed by atoms with Crippen molar-refractivity contribution in [1.29, 1.82) is 0 Å². The molecule has 7 nitrogen and oxygen atoms in total. The van der Waals surface area contributed by atoms with E-state index in [9.17, 15) is 9.59 Å². The number of carbonyl (C=O) groups excluding carboxylic acids is 2. The van der Waals surface area contributed by atoms with Gasteiger partial charge in [-0.1, -0.05) is 42.5 Å². The van der Waals surface area contributed by atoms with Gasteiger partial charge < -0.3 is 19.5 Å². The average Bonchev–Trinajstić information content (AvgIpc) is 3.25. The Kier molecular flexibility index (Phi) is 5.82. The van der Waals surface area contributed by atoms with Crippen molar-refractivity contribution in [2.24, 2.45) is 0 Å². The number of carbonyl (C=O) groups is 2. The van der Waals surface area contributed by atoms with Gasteiger partial charge in [0.05, 0.1) is 25.8 Å². The SMILES string of the molecule is Cc1ccccc1[C@@H]1c2[nH]c3ccccc3c2C[C@H]2C(=O)N(CCCN3CCOCC3)CC(=O)N12. The van der Waals surface area contributed by atoms with Crippen molar-refractivity contribution in [3.63, 3.8) is 0 Å². The summed E-state index contributed by atoms with van der Waals surface area (Å²) in [4.78, 5) is 37.1. The van der Waals surface area contributed by atoms with Gasteiger partial charge in [0.15, 0.2) is 0 Å². The van der Waals surface area contributed by atoms with Gasteiger partial charge in [-0.2, -0.15) is 0 Å². The molecule has 0 unspecified atom stereocenters. The Morgan fingerprint density at radius 3 is 2.60 bits per heavy atom. The van der Waals surface area contributed by atoms with E-state index in [1.54, 1.807) is 4.90 Å². The van der Waals surface area contributed by atoms with Gasteiger partial charge in [-0.3, -0.25) is 14.5 Å². The molecule has 2 saturated heterocycles. The van der Waals surface area contributed by atoms with E-state index < -0.39 is 6.04 Å². The number of benzene rings is 2. The maximum absolute atomic E-state index is 13.8. The summed E-state index contributed by atoms with van der Waals surface area (Å²) in [6.07, 6.45) is 1.41. The number of morpholine rings is 1. The number of H-pyrrole nitrogens is 1. The zero-order valence-electron chi connectivity index (χ0n) is 20.2. The van der Waals surface area contributed by atoms with Crippen LogP contribution in [0.1, 0.15) is 34.8 Å². The first-order valence-corrected chi connectivity index (χ1v) is 12.7. The van der Waals surface area contributed by atoms with Gasteiger partial charge in [-0.05, 0) is 36.1 Å². The molecule has 4 heterocycles. The van der Waals surface area contributed by atoms with Crippen molar-refractivity contribution in [3.8, 4) is 0 Å². The number of amides is 2. The van der Waals surface area contributed by atoms with Crippen LogP contribution in [-0.4, -0.2) is 83.5 Å². The third-order valence-electron chi connectivity index (χ3n) is 7.83. The highest BCUT2D eigenvalue weighted by Crippen LogP contribution is 2.43. The molecule has 182 valence electrons. The van der Waals surface area contributed by atoms with Gasteiger partial charge in [0.2, 0.25) is 11.8 Å². The van der Waals surface area contributed by atoms with Crippen molar-refractivity contribution in [2.75, 3.05) is 45.9 Å². The Morgan fingerprint density at radius 2 is 1.77 bits per heavy atom. The summed E-state index contributed by atoms with van der Waals surface area (Å²) < 4.78 is 5.43. The number of nitrogens with one attached hydrogen (secondary N) is 1. The molecule has 1 aromatic heterocycles. The Morgan fingerprint density at radius 1 is 1.00 bits per heavy atom. The average molecular weight is 473 g/mol. The van der Waals surface area contributed by atoms with Crippen LogP contribution >= 0.6 is 0 Å². The van der Waals surface area contributed by atoms with Crippen LogP contribution in [0, 0.1) is 6.92 Å². The first-order valence-electron chi connectivity index (χ1n) is 12.7. The fourth-order valence-corrected chi connectivity index (χ4v) is 6.04. The smallest absolute Gasteiger partial charge is 0.246 e. The molecule has 3 aromatic rings. The predicted molar refractivity (Wildman–Crippen MR) is 134 cm³/mol. The Bertz CT molecular complexity index is 1260. The van der Waals surface area contributed by atoms with Crippen LogP contribution in [-0.2, 0) is 20.7 Å². The molecule has 0 radical (unpaired) electrons. The first-order chi connectivity index (χ1) is 17.1. The molecule has 1 N–H and O–H groups in total. The second-order valence-electron chi connectivity index (χ2n) is 9.91. The summed E-state index contributed by atoms with van der Waals surface area (Å²) in [5.74, 6) is 0.0969. The highest BCUT2D eigenvalue weighted by Gasteiger charge is 2.48. The molecule has 0 aliphatic carbocycles. The molecular weight excluding hydrogens is 440 g/mol. The lowest BCUT2D eigenvalue weighted by Gasteiger charge is -2.47.